The standard InChI is InChI=1S/C16H16BrN3O2/c1-11(2)22-15-6-5-13(17)8-14(15)16(21)20-19-10-12-4-3-7-18-9-12/h3-11H,1-2H3,(H,20,21)/b19-10-. The number of hydrogen-bond acceptors (Lipinski definition) is 4. The van der Waals surface area contributed by atoms with Crippen molar-refractivity contribution in [3.8, 4) is 5.75 Å². The van der Waals surface area contributed by atoms with Gasteiger partial charge in [0, 0.05) is 22.4 Å². The van der Waals surface area contributed by atoms with Crippen molar-refractivity contribution in [2.75, 3.05) is 0 Å². The number of pyridine rings is 1. The molecule has 2 rings (SSSR count). The van der Waals surface area contributed by atoms with Gasteiger partial charge in [0.05, 0.1) is 17.9 Å². The van der Waals surface area contributed by atoms with Gasteiger partial charge < -0.3 is 4.74 Å². The first-order valence-electron chi connectivity index (χ1n) is 6.76. The maximum atomic E-state index is 12.2. The Kier molecular flexibility index (Phi) is 5.66. The molecule has 1 N–H and O–H groups in total. The highest BCUT2D eigenvalue weighted by atomic mass is 79.9. The normalized spacial score (nSPS) is 10.9. The van der Waals surface area contributed by atoms with Crippen LogP contribution in [0.15, 0.2) is 52.3 Å². The molecule has 1 heterocycles. The van der Waals surface area contributed by atoms with Crippen LogP contribution in [0.1, 0.15) is 29.8 Å². The number of benzene rings is 1. The van der Waals surface area contributed by atoms with E-state index in [1.807, 2.05) is 26.0 Å². The average molecular weight is 362 g/mol. The number of rotatable bonds is 5. The zero-order valence-corrected chi connectivity index (χ0v) is 13.9. The number of hydrazone groups is 1. The first kappa shape index (κ1) is 16.2. The lowest BCUT2D eigenvalue weighted by atomic mass is 10.2. The fraction of sp³-hybridized carbons (Fsp3) is 0.188. The van der Waals surface area contributed by atoms with Crippen LogP contribution in [0, 0.1) is 0 Å². The highest BCUT2D eigenvalue weighted by Gasteiger charge is 2.13. The number of amides is 1. The molecule has 0 saturated carbocycles. The molecule has 0 bridgehead atoms. The van der Waals surface area contributed by atoms with Gasteiger partial charge in [-0.3, -0.25) is 9.78 Å². The molecule has 2 aromatic rings. The van der Waals surface area contributed by atoms with Gasteiger partial charge in [0.1, 0.15) is 5.75 Å². The Morgan fingerprint density at radius 3 is 2.91 bits per heavy atom. The van der Waals surface area contributed by atoms with Crippen LogP contribution < -0.4 is 10.2 Å². The van der Waals surface area contributed by atoms with Gasteiger partial charge in [0.15, 0.2) is 0 Å². The summed E-state index contributed by atoms with van der Waals surface area (Å²) in [5, 5.41) is 3.93. The minimum absolute atomic E-state index is 0.0216. The molecule has 6 heteroatoms. The second kappa shape index (κ2) is 7.70. The summed E-state index contributed by atoms with van der Waals surface area (Å²) in [4.78, 5) is 16.2. The number of ether oxygens (including phenoxy) is 1. The second-order valence-electron chi connectivity index (χ2n) is 4.79. The topological polar surface area (TPSA) is 63.6 Å². The molecule has 0 aliphatic rings. The smallest absolute Gasteiger partial charge is 0.275 e. The lowest BCUT2D eigenvalue weighted by Gasteiger charge is -2.13. The van der Waals surface area contributed by atoms with E-state index in [0.717, 1.165) is 10.0 Å². The van der Waals surface area contributed by atoms with E-state index in [1.54, 1.807) is 30.6 Å². The van der Waals surface area contributed by atoms with E-state index in [1.165, 1.54) is 6.21 Å². The molecular weight excluding hydrogens is 346 g/mol. The van der Waals surface area contributed by atoms with Gasteiger partial charge >= 0.3 is 0 Å². The Balaban J connectivity index is 2.12. The number of halogens is 1. The van der Waals surface area contributed by atoms with Crippen molar-refractivity contribution >= 4 is 28.1 Å². The van der Waals surface area contributed by atoms with Crippen LogP contribution >= 0.6 is 15.9 Å². The number of aromatic nitrogens is 1. The van der Waals surface area contributed by atoms with Gasteiger partial charge in [-0.25, -0.2) is 5.43 Å². The Morgan fingerprint density at radius 1 is 1.41 bits per heavy atom. The summed E-state index contributed by atoms with van der Waals surface area (Å²) in [5.41, 5.74) is 3.71. The van der Waals surface area contributed by atoms with E-state index >= 15 is 0 Å². The summed E-state index contributed by atoms with van der Waals surface area (Å²) in [5.74, 6) is 0.185. The highest BCUT2D eigenvalue weighted by molar-refractivity contribution is 9.10. The molecule has 0 atom stereocenters. The SMILES string of the molecule is CC(C)Oc1ccc(Br)cc1C(=O)N/N=C\c1cccnc1. The Bertz CT molecular complexity index is 672. The maximum Gasteiger partial charge on any atom is 0.275 e. The summed E-state index contributed by atoms with van der Waals surface area (Å²) >= 11 is 3.35. The van der Waals surface area contributed by atoms with Crippen molar-refractivity contribution in [2.45, 2.75) is 20.0 Å². The van der Waals surface area contributed by atoms with Gasteiger partial charge in [-0.2, -0.15) is 5.10 Å². The third kappa shape index (κ3) is 4.66. The molecule has 0 spiro atoms. The number of nitrogens with zero attached hydrogens (tertiary/aromatic N) is 2. The van der Waals surface area contributed by atoms with E-state index in [4.69, 9.17) is 4.74 Å². The van der Waals surface area contributed by atoms with E-state index in [-0.39, 0.29) is 12.0 Å². The number of carbonyl (C=O) groups excluding carboxylic acids is 1. The molecule has 1 amide bonds. The van der Waals surface area contributed by atoms with Crippen LogP contribution in [0.4, 0.5) is 0 Å². The zero-order chi connectivity index (χ0) is 15.9. The molecule has 0 aliphatic carbocycles. The van der Waals surface area contributed by atoms with Crippen LogP contribution in [-0.2, 0) is 0 Å². The zero-order valence-electron chi connectivity index (χ0n) is 12.3. The lowest BCUT2D eigenvalue weighted by molar-refractivity contribution is 0.0949. The van der Waals surface area contributed by atoms with Crippen LogP contribution in [-0.4, -0.2) is 23.2 Å². The molecular formula is C16H16BrN3O2. The molecule has 5 nitrogen and oxygen atoms in total. The van der Waals surface area contributed by atoms with Crippen molar-refractivity contribution in [1.82, 2.24) is 10.4 Å². The summed E-state index contributed by atoms with van der Waals surface area (Å²) in [6.45, 7) is 3.81. The van der Waals surface area contributed by atoms with E-state index in [0.29, 0.717) is 11.3 Å². The molecule has 1 aromatic carbocycles. The fourth-order valence-corrected chi connectivity index (χ4v) is 2.08. The van der Waals surface area contributed by atoms with Crippen molar-refractivity contribution in [3.05, 3.63) is 58.3 Å². The predicted molar refractivity (Wildman–Crippen MR) is 89.2 cm³/mol. The van der Waals surface area contributed by atoms with Crippen LogP contribution in [0.25, 0.3) is 0 Å². The summed E-state index contributed by atoms with van der Waals surface area (Å²) in [7, 11) is 0. The second-order valence-corrected chi connectivity index (χ2v) is 5.71. The lowest BCUT2D eigenvalue weighted by Crippen LogP contribution is -2.20. The van der Waals surface area contributed by atoms with Crippen molar-refractivity contribution in [3.63, 3.8) is 0 Å². The van der Waals surface area contributed by atoms with E-state index < -0.39 is 0 Å². The molecule has 1 aromatic heterocycles. The van der Waals surface area contributed by atoms with E-state index in [9.17, 15) is 4.79 Å². The van der Waals surface area contributed by atoms with Gasteiger partial charge in [0.25, 0.3) is 5.91 Å². The van der Waals surface area contributed by atoms with Crippen molar-refractivity contribution in [1.29, 1.82) is 0 Å². The van der Waals surface area contributed by atoms with Crippen molar-refractivity contribution in [2.24, 2.45) is 5.10 Å². The number of nitrogens with one attached hydrogen (secondary N) is 1. The first-order chi connectivity index (χ1) is 10.6. The van der Waals surface area contributed by atoms with Gasteiger partial charge in [0.2, 0.25) is 0 Å². The minimum Gasteiger partial charge on any atom is -0.490 e. The Labute approximate surface area is 137 Å². The predicted octanol–water partition coefficient (Wildman–Crippen LogP) is 3.40. The highest BCUT2D eigenvalue weighted by Crippen LogP contribution is 2.24. The molecule has 114 valence electrons. The number of carbonyl (C=O) groups is 1. The first-order valence-corrected chi connectivity index (χ1v) is 7.55. The quantitative estimate of drug-likeness (QED) is 0.655. The fourth-order valence-electron chi connectivity index (χ4n) is 1.71. The molecule has 0 radical (unpaired) electrons. The van der Waals surface area contributed by atoms with Crippen LogP contribution in [0.3, 0.4) is 0 Å². The maximum absolute atomic E-state index is 12.2. The summed E-state index contributed by atoms with van der Waals surface area (Å²) in [6, 6.07) is 8.92. The molecule has 22 heavy (non-hydrogen) atoms. The monoisotopic (exact) mass is 361 g/mol. The van der Waals surface area contributed by atoms with Gasteiger partial charge in [-0.15, -0.1) is 0 Å². The van der Waals surface area contributed by atoms with Crippen LogP contribution in [0.2, 0.25) is 0 Å². The largest absolute Gasteiger partial charge is 0.490 e. The van der Waals surface area contributed by atoms with E-state index in [2.05, 4.69) is 31.4 Å². The Hall–Kier alpha value is -2.21. The molecule has 0 fully saturated rings. The summed E-state index contributed by atoms with van der Waals surface area (Å²) < 4.78 is 6.44. The summed E-state index contributed by atoms with van der Waals surface area (Å²) in [6.07, 6.45) is 4.84. The third-order valence-electron chi connectivity index (χ3n) is 2.61. The third-order valence-corrected chi connectivity index (χ3v) is 3.11. The Morgan fingerprint density at radius 2 is 2.23 bits per heavy atom. The van der Waals surface area contributed by atoms with Gasteiger partial charge in [-0.05, 0) is 38.1 Å². The van der Waals surface area contributed by atoms with Crippen molar-refractivity contribution < 1.29 is 9.53 Å². The molecule has 0 unspecified atom stereocenters. The molecule has 0 aliphatic heterocycles. The number of hydrogen-bond donors (Lipinski definition) is 1. The minimum atomic E-state index is -0.336. The van der Waals surface area contributed by atoms with Crippen LogP contribution in [0.5, 0.6) is 5.75 Å². The average Bonchev–Trinajstić information content (AvgIpc) is 2.49. The van der Waals surface area contributed by atoms with Gasteiger partial charge in [-0.1, -0.05) is 22.0 Å². The molecule has 0 saturated heterocycles.